The van der Waals surface area contributed by atoms with Crippen LogP contribution in [0.5, 0.6) is 5.75 Å². The van der Waals surface area contributed by atoms with Crippen molar-refractivity contribution < 1.29 is 40.1 Å². The van der Waals surface area contributed by atoms with Crippen LogP contribution in [-0.4, -0.2) is 86.1 Å². The van der Waals surface area contributed by atoms with Crippen molar-refractivity contribution in [2.24, 2.45) is 5.41 Å². The second-order valence-electron chi connectivity index (χ2n) is 11.3. The molecule has 1 saturated heterocycles. The largest absolute Gasteiger partial charge is 0.488 e. The highest BCUT2D eigenvalue weighted by Crippen LogP contribution is 2.63. The molecule has 0 radical (unpaired) electrons. The summed E-state index contributed by atoms with van der Waals surface area (Å²) < 4.78 is 11.3. The lowest BCUT2D eigenvalue weighted by molar-refractivity contribution is -0.254. The Morgan fingerprint density at radius 2 is 1.73 bits per heavy atom. The number of benzene rings is 2. The smallest absolute Gasteiger partial charge is 0.124 e. The van der Waals surface area contributed by atoms with E-state index >= 15 is 0 Å². The van der Waals surface area contributed by atoms with Crippen molar-refractivity contribution in [3.63, 3.8) is 0 Å². The SMILES string of the molecule is CC(C)(O)[C@@]12CC(O)[C@@](c3ccc(Cl)c(Cc4ccc(OC5CCOC5)cc4)c3)(C1O)[C@@H](O)[C@H](O)[C@H]2O. The monoisotopic (exact) mass is 534 g/mol. The molecule has 1 aliphatic heterocycles. The Kier molecular flexibility index (Phi) is 6.87. The van der Waals surface area contributed by atoms with Crippen LogP contribution in [0.2, 0.25) is 5.02 Å². The average Bonchev–Trinajstić information content (AvgIpc) is 3.43. The van der Waals surface area contributed by atoms with Gasteiger partial charge >= 0.3 is 0 Å². The lowest BCUT2D eigenvalue weighted by atomic mass is 9.55. The van der Waals surface area contributed by atoms with E-state index in [1.807, 2.05) is 24.3 Å². The highest BCUT2D eigenvalue weighted by atomic mass is 35.5. The summed E-state index contributed by atoms with van der Waals surface area (Å²) in [5.41, 5.74) is -3.05. The van der Waals surface area contributed by atoms with Crippen molar-refractivity contribution >= 4 is 11.6 Å². The Morgan fingerprint density at radius 1 is 1.03 bits per heavy atom. The van der Waals surface area contributed by atoms with Gasteiger partial charge in [0.2, 0.25) is 0 Å². The van der Waals surface area contributed by atoms with Crippen LogP contribution < -0.4 is 4.74 Å². The van der Waals surface area contributed by atoms with Crippen molar-refractivity contribution in [3.05, 3.63) is 64.2 Å². The molecule has 0 spiro atoms. The van der Waals surface area contributed by atoms with Crippen LogP contribution in [0, 0.1) is 5.41 Å². The number of aliphatic hydroxyl groups excluding tert-OH is 5. The predicted molar refractivity (Wildman–Crippen MR) is 136 cm³/mol. The van der Waals surface area contributed by atoms with E-state index < -0.39 is 47.0 Å². The van der Waals surface area contributed by atoms with Gasteiger partial charge in [-0.05, 0) is 61.6 Å². The van der Waals surface area contributed by atoms with Gasteiger partial charge in [0.25, 0.3) is 0 Å². The van der Waals surface area contributed by atoms with Crippen LogP contribution in [0.4, 0.5) is 0 Å². The minimum absolute atomic E-state index is 0.0484. The van der Waals surface area contributed by atoms with Crippen molar-refractivity contribution in [2.45, 2.75) is 80.7 Å². The molecule has 6 N–H and O–H groups in total. The van der Waals surface area contributed by atoms with E-state index in [0.717, 1.165) is 17.7 Å². The highest BCUT2D eigenvalue weighted by molar-refractivity contribution is 6.31. The Hall–Kier alpha value is -1.75. The number of hydrogen-bond donors (Lipinski definition) is 6. The van der Waals surface area contributed by atoms with E-state index in [4.69, 9.17) is 21.1 Å². The summed E-state index contributed by atoms with van der Waals surface area (Å²) in [4.78, 5) is 0. The molecule has 0 aromatic heterocycles. The Balaban J connectivity index is 1.48. The number of rotatable bonds is 6. The second-order valence-corrected chi connectivity index (χ2v) is 11.7. The second kappa shape index (κ2) is 9.47. The van der Waals surface area contributed by atoms with E-state index in [2.05, 4.69) is 0 Å². The molecule has 8 atom stereocenters. The number of halogens is 1. The molecule has 3 aliphatic rings. The fourth-order valence-corrected chi connectivity index (χ4v) is 6.95. The molecule has 202 valence electrons. The van der Waals surface area contributed by atoms with Gasteiger partial charge in [0.1, 0.15) is 18.0 Å². The van der Waals surface area contributed by atoms with Crippen LogP contribution in [0.3, 0.4) is 0 Å². The normalized spacial score (nSPS) is 37.6. The van der Waals surface area contributed by atoms with Crippen LogP contribution in [-0.2, 0) is 16.6 Å². The first-order valence-electron chi connectivity index (χ1n) is 12.7. The van der Waals surface area contributed by atoms with Gasteiger partial charge in [0.15, 0.2) is 0 Å². The molecule has 9 heteroatoms. The van der Waals surface area contributed by atoms with Crippen LogP contribution in [0.15, 0.2) is 42.5 Å². The molecular formula is C28H35ClO8. The van der Waals surface area contributed by atoms with Crippen molar-refractivity contribution in [3.8, 4) is 5.75 Å². The molecule has 37 heavy (non-hydrogen) atoms. The first kappa shape index (κ1) is 26.8. The van der Waals surface area contributed by atoms with Gasteiger partial charge in [-0.1, -0.05) is 35.9 Å². The molecule has 5 rings (SSSR count). The third-order valence-electron chi connectivity index (χ3n) is 8.88. The number of aliphatic hydroxyl groups is 6. The maximum absolute atomic E-state index is 11.6. The van der Waals surface area contributed by atoms with Crippen molar-refractivity contribution in [1.29, 1.82) is 0 Å². The topological polar surface area (TPSA) is 140 Å². The molecule has 2 aliphatic carbocycles. The lowest BCUT2D eigenvalue weighted by Gasteiger charge is -2.56. The Labute approximate surface area is 221 Å². The van der Waals surface area contributed by atoms with E-state index in [1.54, 1.807) is 18.2 Å². The molecule has 3 fully saturated rings. The molecule has 1 heterocycles. The Morgan fingerprint density at radius 3 is 2.35 bits per heavy atom. The summed E-state index contributed by atoms with van der Waals surface area (Å²) in [6.45, 7) is 4.13. The van der Waals surface area contributed by atoms with Crippen molar-refractivity contribution in [1.82, 2.24) is 0 Å². The predicted octanol–water partition coefficient (Wildman–Crippen LogP) is 1.32. The number of ether oxygens (including phenoxy) is 2. The van der Waals surface area contributed by atoms with Gasteiger partial charge in [-0.2, -0.15) is 0 Å². The summed E-state index contributed by atoms with van der Waals surface area (Å²) in [7, 11) is 0. The molecule has 0 amide bonds. The summed E-state index contributed by atoms with van der Waals surface area (Å²) in [6, 6.07) is 12.6. The van der Waals surface area contributed by atoms with Gasteiger partial charge in [0.05, 0.1) is 54.1 Å². The van der Waals surface area contributed by atoms with Crippen molar-refractivity contribution in [2.75, 3.05) is 13.2 Å². The maximum Gasteiger partial charge on any atom is 0.124 e. The van der Waals surface area contributed by atoms with E-state index in [-0.39, 0.29) is 12.5 Å². The van der Waals surface area contributed by atoms with Gasteiger partial charge in [-0.3, -0.25) is 0 Å². The molecule has 3 unspecified atom stereocenters. The summed E-state index contributed by atoms with van der Waals surface area (Å²) >= 11 is 6.53. The van der Waals surface area contributed by atoms with Crippen LogP contribution in [0.1, 0.15) is 43.4 Å². The minimum Gasteiger partial charge on any atom is -0.488 e. The molecule has 8 nitrogen and oxygen atoms in total. The summed E-state index contributed by atoms with van der Waals surface area (Å²) in [6.07, 6.45) is -6.79. The van der Waals surface area contributed by atoms with E-state index in [1.165, 1.54) is 13.8 Å². The molecule has 2 saturated carbocycles. The van der Waals surface area contributed by atoms with E-state index in [9.17, 15) is 30.6 Å². The quantitative estimate of drug-likeness (QED) is 0.326. The third kappa shape index (κ3) is 4.01. The first-order valence-corrected chi connectivity index (χ1v) is 13.1. The molecule has 2 aromatic carbocycles. The van der Waals surface area contributed by atoms with Gasteiger partial charge < -0.3 is 40.1 Å². The first-order chi connectivity index (χ1) is 17.4. The third-order valence-corrected chi connectivity index (χ3v) is 9.25. The lowest BCUT2D eigenvalue weighted by Crippen LogP contribution is -2.72. The number of hydrogen-bond acceptors (Lipinski definition) is 8. The zero-order chi connectivity index (χ0) is 26.8. The zero-order valence-electron chi connectivity index (χ0n) is 20.9. The zero-order valence-corrected chi connectivity index (χ0v) is 21.7. The van der Waals surface area contributed by atoms with Gasteiger partial charge in [-0.15, -0.1) is 0 Å². The maximum atomic E-state index is 11.6. The summed E-state index contributed by atoms with van der Waals surface area (Å²) in [5, 5.41) is 67.3. The molecular weight excluding hydrogens is 500 g/mol. The fourth-order valence-electron chi connectivity index (χ4n) is 6.76. The van der Waals surface area contributed by atoms with Gasteiger partial charge in [-0.25, -0.2) is 0 Å². The minimum atomic E-state index is -1.74. The molecule has 2 aromatic rings. The molecule has 2 bridgehead atoms. The van der Waals surface area contributed by atoms with Crippen LogP contribution in [0.25, 0.3) is 0 Å². The fraction of sp³-hybridized carbons (Fsp3) is 0.571. The summed E-state index contributed by atoms with van der Waals surface area (Å²) in [5.74, 6) is 0.746. The van der Waals surface area contributed by atoms with Crippen LogP contribution >= 0.6 is 11.6 Å². The highest BCUT2D eigenvalue weighted by Gasteiger charge is 2.77. The number of fused-ring (bicyclic) bond motifs is 2. The van der Waals surface area contributed by atoms with E-state index in [0.29, 0.717) is 35.8 Å². The standard InChI is InChI=1S/C28H35ClO8/c1-26(2,35)27-13-21(30)28(25(27)34,24(33)22(31)23(27)32)17-5-8-20(29)16(12-17)11-15-3-6-18(7-4-15)37-19-9-10-36-14-19/h3-8,12,19,21-25,30-35H,9-11,13-14H2,1-2H3/t19?,21?,22-,23-,24+,25?,27-,28-/m1/s1. The average molecular weight is 535 g/mol. The van der Waals surface area contributed by atoms with Gasteiger partial charge in [0, 0.05) is 11.4 Å². The Bertz CT molecular complexity index is 1130.